The van der Waals surface area contributed by atoms with Crippen LogP contribution in [0.25, 0.3) is 0 Å². The zero-order valence-electron chi connectivity index (χ0n) is 21.8. The van der Waals surface area contributed by atoms with Gasteiger partial charge >= 0.3 is 0 Å². The predicted molar refractivity (Wildman–Crippen MR) is 139 cm³/mol. The number of nitrogens with one attached hydrogen (secondary N) is 2. The Morgan fingerprint density at radius 2 is 1.77 bits per heavy atom. The summed E-state index contributed by atoms with van der Waals surface area (Å²) in [4.78, 5) is 42.6. The third-order valence-corrected chi connectivity index (χ3v) is 7.95. The van der Waals surface area contributed by atoms with Crippen molar-refractivity contribution in [1.82, 2.24) is 20.4 Å². The minimum atomic E-state index is -0.452. The number of hydrogen-bond donors (Lipinski definition) is 2. The molecule has 2 amide bonds. The summed E-state index contributed by atoms with van der Waals surface area (Å²) in [6.45, 7) is 2.49. The molecule has 0 spiro atoms. The molecule has 0 radical (unpaired) electrons. The molecule has 3 aliphatic heterocycles. The van der Waals surface area contributed by atoms with Crippen LogP contribution >= 0.6 is 0 Å². The fourth-order valence-corrected chi connectivity index (χ4v) is 5.67. The molecule has 3 aliphatic rings. The average Bonchev–Trinajstić information content (AvgIpc) is 2.94. The lowest BCUT2D eigenvalue weighted by Crippen LogP contribution is -2.66. The molecule has 3 unspecified atom stereocenters. The molecule has 0 aromatic heterocycles. The summed E-state index contributed by atoms with van der Waals surface area (Å²) < 4.78 is 33.2. The number of hydrogen-bond acceptors (Lipinski definition) is 6. The van der Waals surface area contributed by atoms with Crippen molar-refractivity contribution >= 4 is 17.6 Å². The van der Waals surface area contributed by atoms with Crippen LogP contribution in [-0.2, 0) is 20.9 Å². The highest BCUT2D eigenvalue weighted by Gasteiger charge is 2.39. The fraction of sp³-hybridized carbons (Fsp3) is 0.483. The van der Waals surface area contributed by atoms with Crippen molar-refractivity contribution in [2.45, 2.75) is 38.0 Å². The van der Waals surface area contributed by atoms with Crippen molar-refractivity contribution in [2.75, 3.05) is 39.4 Å². The van der Waals surface area contributed by atoms with Gasteiger partial charge in [0.25, 0.3) is 0 Å². The molecule has 2 aromatic rings. The smallest absolute Gasteiger partial charge is 0.237 e. The van der Waals surface area contributed by atoms with Crippen molar-refractivity contribution in [3.8, 4) is 0 Å². The molecule has 208 valence electrons. The summed E-state index contributed by atoms with van der Waals surface area (Å²) in [5.74, 6) is -1.49. The van der Waals surface area contributed by atoms with Crippen LogP contribution in [0.4, 0.5) is 8.78 Å². The number of nitrogens with zero attached hydrogens (tertiary/aromatic N) is 2. The second-order valence-electron chi connectivity index (χ2n) is 10.6. The van der Waals surface area contributed by atoms with Gasteiger partial charge in [-0.3, -0.25) is 24.6 Å². The monoisotopic (exact) mass is 540 g/mol. The van der Waals surface area contributed by atoms with E-state index in [0.717, 1.165) is 0 Å². The molecule has 3 fully saturated rings. The number of amides is 2. The summed E-state index contributed by atoms with van der Waals surface area (Å²) in [6.07, 6.45) is 1.46. The van der Waals surface area contributed by atoms with Gasteiger partial charge in [0.2, 0.25) is 11.8 Å². The van der Waals surface area contributed by atoms with Gasteiger partial charge in [-0.15, -0.1) is 0 Å². The Hall–Kier alpha value is -3.21. The normalized spacial score (nSPS) is 24.1. The fourth-order valence-electron chi connectivity index (χ4n) is 5.67. The zero-order valence-corrected chi connectivity index (χ0v) is 21.8. The van der Waals surface area contributed by atoms with Crippen LogP contribution in [0, 0.1) is 23.5 Å². The Kier molecular flexibility index (Phi) is 8.64. The number of halogens is 2. The van der Waals surface area contributed by atoms with E-state index in [9.17, 15) is 23.2 Å². The number of piperidine rings is 1. The van der Waals surface area contributed by atoms with Gasteiger partial charge in [-0.2, -0.15) is 0 Å². The van der Waals surface area contributed by atoms with Gasteiger partial charge in [0.15, 0.2) is 5.78 Å². The molecule has 0 saturated carbocycles. The van der Waals surface area contributed by atoms with Crippen molar-refractivity contribution in [2.24, 2.45) is 11.8 Å². The van der Waals surface area contributed by atoms with E-state index in [1.807, 2.05) is 4.90 Å². The molecule has 10 heteroatoms. The number of rotatable bonds is 8. The first kappa shape index (κ1) is 27.4. The van der Waals surface area contributed by atoms with Crippen LogP contribution < -0.4 is 10.6 Å². The summed E-state index contributed by atoms with van der Waals surface area (Å²) in [6, 6.07) is 11.9. The number of fused-ring (bicyclic) bond motifs is 1. The number of ether oxygens (including phenoxy) is 1. The molecular formula is C29H34F2N4O4. The highest BCUT2D eigenvalue weighted by atomic mass is 19.1. The molecule has 39 heavy (non-hydrogen) atoms. The van der Waals surface area contributed by atoms with Crippen molar-refractivity contribution in [1.29, 1.82) is 0 Å². The highest BCUT2D eigenvalue weighted by Crippen LogP contribution is 2.23. The van der Waals surface area contributed by atoms with Gasteiger partial charge in [0, 0.05) is 36.2 Å². The number of benzene rings is 2. The van der Waals surface area contributed by atoms with Gasteiger partial charge in [0.1, 0.15) is 11.6 Å². The van der Waals surface area contributed by atoms with Crippen LogP contribution in [0.1, 0.15) is 35.2 Å². The number of likely N-dealkylation sites (tertiary alicyclic amines) is 1. The molecule has 0 aliphatic carbocycles. The Bertz CT molecular complexity index is 1190. The summed E-state index contributed by atoms with van der Waals surface area (Å²) in [7, 11) is 0. The molecule has 5 rings (SSSR count). The Morgan fingerprint density at radius 3 is 2.51 bits per heavy atom. The Morgan fingerprint density at radius 1 is 1.03 bits per heavy atom. The topological polar surface area (TPSA) is 91.0 Å². The summed E-state index contributed by atoms with van der Waals surface area (Å²) in [5.41, 5.74) is 0.899. The Labute approximate surface area is 226 Å². The molecule has 8 nitrogen and oxygen atoms in total. The van der Waals surface area contributed by atoms with Crippen molar-refractivity contribution < 1.29 is 27.9 Å². The van der Waals surface area contributed by atoms with Gasteiger partial charge in [-0.05, 0) is 62.7 Å². The first-order valence-corrected chi connectivity index (χ1v) is 13.5. The minimum Gasteiger partial charge on any atom is -0.381 e. The molecule has 3 heterocycles. The molecule has 2 aromatic carbocycles. The van der Waals surface area contributed by atoms with E-state index >= 15 is 0 Å². The summed E-state index contributed by atoms with van der Waals surface area (Å²) >= 11 is 0. The lowest BCUT2D eigenvalue weighted by atomic mass is 9.89. The van der Waals surface area contributed by atoms with E-state index in [1.54, 1.807) is 23.1 Å². The Balaban J connectivity index is 1.21. The number of Topliss-reactive ketones (excluding diaryl/α,β-unsaturated/α-hetero) is 1. The van der Waals surface area contributed by atoms with E-state index < -0.39 is 6.17 Å². The minimum absolute atomic E-state index is 0.00677. The SMILES string of the molecule is O=C(c1ccc(F)cc1)C1CCN(CC(=O)N(Cc2ccccc2F)CC2NC(=O)C3COCCC3N2)CC1. The molecule has 0 bridgehead atoms. The van der Waals surface area contributed by atoms with Gasteiger partial charge in [-0.1, -0.05) is 18.2 Å². The van der Waals surface area contributed by atoms with Gasteiger partial charge < -0.3 is 15.0 Å². The quantitative estimate of drug-likeness (QED) is 0.500. The maximum atomic E-state index is 14.5. The first-order valence-electron chi connectivity index (χ1n) is 13.5. The first-order chi connectivity index (χ1) is 18.9. The number of carbonyl (C=O) groups excluding carboxylic acids is 3. The summed E-state index contributed by atoms with van der Waals surface area (Å²) in [5, 5.41) is 6.39. The lowest BCUT2D eigenvalue weighted by Gasteiger charge is -2.41. The van der Waals surface area contributed by atoms with E-state index in [1.165, 1.54) is 30.3 Å². The van der Waals surface area contributed by atoms with E-state index in [2.05, 4.69) is 10.6 Å². The van der Waals surface area contributed by atoms with E-state index in [4.69, 9.17) is 4.74 Å². The van der Waals surface area contributed by atoms with Crippen LogP contribution in [0.2, 0.25) is 0 Å². The van der Waals surface area contributed by atoms with Crippen LogP contribution in [-0.4, -0.2) is 79.0 Å². The largest absolute Gasteiger partial charge is 0.381 e. The molecular weight excluding hydrogens is 506 g/mol. The maximum absolute atomic E-state index is 14.5. The molecule has 3 saturated heterocycles. The maximum Gasteiger partial charge on any atom is 0.237 e. The van der Waals surface area contributed by atoms with E-state index in [-0.39, 0.29) is 66.7 Å². The van der Waals surface area contributed by atoms with Gasteiger partial charge in [-0.25, -0.2) is 8.78 Å². The number of carbonyl (C=O) groups is 3. The predicted octanol–water partition coefficient (Wildman–Crippen LogP) is 2.34. The highest BCUT2D eigenvalue weighted by molar-refractivity contribution is 5.97. The standard InChI is InChI=1S/C29H34F2N4O4/c30-22-7-5-19(6-8-22)28(37)20-9-12-34(13-10-20)17-27(36)35(15-21-3-1-2-4-24(21)31)16-26-32-25-11-14-39-18-23(25)29(38)33-26/h1-8,20,23,25-26,32H,9-18H2,(H,33,38). The lowest BCUT2D eigenvalue weighted by molar-refractivity contribution is -0.139. The number of ketones is 1. The van der Waals surface area contributed by atoms with Crippen molar-refractivity contribution in [3.63, 3.8) is 0 Å². The average molecular weight is 541 g/mol. The van der Waals surface area contributed by atoms with Gasteiger partial charge in [0.05, 0.1) is 31.8 Å². The third kappa shape index (κ3) is 6.69. The molecule has 3 atom stereocenters. The third-order valence-electron chi connectivity index (χ3n) is 7.95. The molecule has 2 N–H and O–H groups in total. The van der Waals surface area contributed by atoms with Crippen LogP contribution in [0.3, 0.4) is 0 Å². The van der Waals surface area contributed by atoms with Crippen LogP contribution in [0.5, 0.6) is 0 Å². The second kappa shape index (κ2) is 12.3. The van der Waals surface area contributed by atoms with Crippen molar-refractivity contribution in [3.05, 3.63) is 71.3 Å². The second-order valence-corrected chi connectivity index (χ2v) is 10.6. The zero-order chi connectivity index (χ0) is 27.4. The van der Waals surface area contributed by atoms with Crippen LogP contribution in [0.15, 0.2) is 48.5 Å². The van der Waals surface area contributed by atoms with E-state index in [0.29, 0.717) is 56.7 Å².